The third-order valence-corrected chi connectivity index (χ3v) is 14.7. The average Bonchev–Trinajstić information content (AvgIpc) is 3.71. The molecule has 0 aliphatic carbocycles. The van der Waals surface area contributed by atoms with E-state index in [1.165, 1.54) is 0 Å². The third kappa shape index (κ3) is 7.78. The predicted octanol–water partition coefficient (Wildman–Crippen LogP) is 6.59. The van der Waals surface area contributed by atoms with E-state index in [1.54, 1.807) is 17.9 Å². The van der Waals surface area contributed by atoms with Crippen molar-refractivity contribution in [3.63, 3.8) is 0 Å². The van der Waals surface area contributed by atoms with E-state index in [4.69, 9.17) is 28.8 Å². The molecular weight excluding hydrogens is 667 g/mol. The minimum absolute atomic E-state index is 0.0674. The summed E-state index contributed by atoms with van der Waals surface area (Å²) >= 11 is 0. The summed E-state index contributed by atoms with van der Waals surface area (Å²) in [6, 6.07) is 6.12. The Bertz CT molecular complexity index is 1900. The Kier molecular flexibility index (Phi) is 10.5. The Morgan fingerprint density at radius 2 is 1.92 bits per heavy atom. The molecule has 1 unspecified atom stereocenters. The molecule has 6 rings (SSSR count). The van der Waals surface area contributed by atoms with Crippen LogP contribution in [0.4, 0.5) is 0 Å². The third-order valence-electron chi connectivity index (χ3n) is 10.2. The van der Waals surface area contributed by atoms with Crippen molar-refractivity contribution in [1.29, 1.82) is 0 Å². The van der Waals surface area contributed by atoms with Gasteiger partial charge >= 0.3 is 5.97 Å². The summed E-state index contributed by atoms with van der Waals surface area (Å²) in [5, 5.41) is 25.9. The number of hydrogen-bond acceptors (Lipinski definition) is 9. The summed E-state index contributed by atoms with van der Waals surface area (Å²) in [7, 11) is 1.63. The highest BCUT2D eigenvalue weighted by molar-refractivity contribution is 6.74. The number of benzene rings is 1. The Balaban J connectivity index is 1.51. The van der Waals surface area contributed by atoms with Gasteiger partial charge in [-0.05, 0) is 88.1 Å². The highest BCUT2D eigenvalue weighted by Gasteiger charge is 2.37. The number of aliphatic carboxylic acids is 1. The molecule has 0 amide bonds. The van der Waals surface area contributed by atoms with Gasteiger partial charge in [0.25, 0.3) is 0 Å². The molecule has 2 aliphatic heterocycles. The summed E-state index contributed by atoms with van der Waals surface area (Å²) in [5.41, 5.74) is 4.95. The number of carbonyl (C=O) groups is 1. The first-order chi connectivity index (χ1) is 24.1. The second kappa shape index (κ2) is 14.6. The zero-order valence-electron chi connectivity index (χ0n) is 31.5. The Morgan fingerprint density at radius 3 is 2.61 bits per heavy atom. The van der Waals surface area contributed by atoms with E-state index < -0.39 is 20.4 Å². The molecule has 0 spiro atoms. The fourth-order valence-electron chi connectivity index (χ4n) is 6.34. The fourth-order valence-corrected chi connectivity index (χ4v) is 7.38. The number of nitrogens with zero attached hydrogens (tertiary/aromatic N) is 7. The second-order valence-electron chi connectivity index (χ2n) is 15.5. The lowest BCUT2D eigenvalue weighted by molar-refractivity contribution is -0.146. The number of ether oxygens (including phenoxy) is 3. The lowest BCUT2D eigenvalue weighted by Crippen LogP contribution is -2.41. The van der Waals surface area contributed by atoms with Crippen LogP contribution in [0.15, 0.2) is 24.4 Å². The van der Waals surface area contributed by atoms with Crippen LogP contribution in [0.3, 0.4) is 0 Å². The summed E-state index contributed by atoms with van der Waals surface area (Å²) in [5.74, 6) is -0.179. The molecule has 2 aliphatic rings. The maximum Gasteiger partial charge on any atom is 0.346 e. The van der Waals surface area contributed by atoms with E-state index in [-0.39, 0.29) is 23.9 Å². The highest BCUT2D eigenvalue weighted by Crippen LogP contribution is 2.38. The highest BCUT2D eigenvalue weighted by atomic mass is 28.4. The minimum atomic E-state index is -2.01. The first-order valence-corrected chi connectivity index (χ1v) is 20.9. The number of aromatic nitrogens is 6. The Hall–Kier alpha value is -3.98. The molecule has 1 N–H and O–H groups in total. The van der Waals surface area contributed by atoms with Gasteiger partial charge in [0.05, 0.1) is 53.5 Å². The molecule has 5 heterocycles. The summed E-state index contributed by atoms with van der Waals surface area (Å²) in [4.78, 5) is 14.6. The number of likely N-dealkylation sites (N-methyl/N-ethyl adjacent to an activating group) is 1. The van der Waals surface area contributed by atoms with E-state index in [0.29, 0.717) is 43.6 Å². The molecule has 1 aromatic carbocycles. The van der Waals surface area contributed by atoms with Gasteiger partial charge in [0.1, 0.15) is 0 Å². The van der Waals surface area contributed by atoms with E-state index in [1.807, 2.05) is 59.4 Å². The first-order valence-electron chi connectivity index (χ1n) is 18.0. The Labute approximate surface area is 301 Å². The van der Waals surface area contributed by atoms with Crippen LogP contribution in [0.5, 0.6) is 11.8 Å². The quantitative estimate of drug-likeness (QED) is 0.199. The van der Waals surface area contributed by atoms with Crippen LogP contribution in [0.1, 0.15) is 77.1 Å². The normalized spacial score (nSPS) is 19.7. The zero-order chi connectivity index (χ0) is 36.7. The largest absolute Gasteiger partial charge is 0.478 e. The van der Waals surface area contributed by atoms with Crippen molar-refractivity contribution in [3.05, 3.63) is 41.3 Å². The smallest absolute Gasteiger partial charge is 0.346 e. The monoisotopic (exact) mass is 719 g/mol. The molecule has 51 heavy (non-hydrogen) atoms. The van der Waals surface area contributed by atoms with Gasteiger partial charge in [-0.2, -0.15) is 10.2 Å². The minimum Gasteiger partial charge on any atom is -0.478 e. The van der Waals surface area contributed by atoms with E-state index in [9.17, 15) is 9.90 Å². The number of carboxylic acid groups (broad SMARTS) is 1. The molecule has 14 heteroatoms. The van der Waals surface area contributed by atoms with Crippen molar-refractivity contribution in [1.82, 2.24) is 34.2 Å². The van der Waals surface area contributed by atoms with Gasteiger partial charge in [0.2, 0.25) is 17.9 Å². The zero-order valence-corrected chi connectivity index (χ0v) is 32.5. The summed E-state index contributed by atoms with van der Waals surface area (Å²) in [6.07, 6.45) is 7.31. The topological polar surface area (TPSA) is 131 Å². The standard InChI is InChI=1S/C37H53N7O6Si/c1-24(2)49-34-26-14-15-29-27-20-25(13-16-30(27)44(39-29)33-12-10-11-18-47-33)28-21-38-42(7)35(28)50-32(36(45)46)23-41(6)22-31(26)43(40-34)17-19-48-51(8,9)37(3,4)5/h13-16,20-21,24,32-33H,10-12,17-19,22-23H2,1-9H3,(H,45,46)/b15-14-/t32-,33?/m1/s1. The SMILES string of the molecule is CC(C)Oc1nn(CCO[Si](C)(C)C(C)(C)C)c2c1/C=C\c1nn(C3CCCCO3)c3ccc(cc13)-c1cnn(C)c1O[C@@H](C(=O)O)CN(C)C2. The molecule has 1 saturated heterocycles. The predicted molar refractivity (Wildman–Crippen MR) is 199 cm³/mol. The van der Waals surface area contributed by atoms with Crippen LogP contribution in [-0.2, 0) is 34.1 Å². The molecule has 1 fully saturated rings. The number of hydrogen-bond donors (Lipinski definition) is 1. The molecule has 3 aromatic heterocycles. The molecule has 276 valence electrons. The summed E-state index contributed by atoms with van der Waals surface area (Å²) < 4.78 is 30.9. The average molecular weight is 720 g/mol. The molecular formula is C37H53N7O6Si. The van der Waals surface area contributed by atoms with E-state index in [0.717, 1.165) is 52.7 Å². The Morgan fingerprint density at radius 1 is 1.14 bits per heavy atom. The van der Waals surface area contributed by atoms with E-state index >= 15 is 0 Å². The van der Waals surface area contributed by atoms with Crippen molar-refractivity contribution < 1.29 is 28.5 Å². The van der Waals surface area contributed by atoms with Gasteiger partial charge < -0.3 is 23.7 Å². The van der Waals surface area contributed by atoms with Gasteiger partial charge in [0, 0.05) is 32.1 Å². The van der Waals surface area contributed by atoms with Gasteiger partial charge in [-0.25, -0.2) is 14.2 Å². The molecule has 2 bridgehead atoms. The van der Waals surface area contributed by atoms with Crippen LogP contribution in [0.25, 0.3) is 34.2 Å². The lowest BCUT2D eigenvalue weighted by Gasteiger charge is -2.36. The van der Waals surface area contributed by atoms with Gasteiger partial charge in [0.15, 0.2) is 14.5 Å². The van der Waals surface area contributed by atoms with Crippen LogP contribution in [0, 0.1) is 0 Å². The number of aryl methyl sites for hydroxylation is 1. The second-order valence-corrected chi connectivity index (χ2v) is 20.3. The number of rotatable bonds is 8. The van der Waals surface area contributed by atoms with Crippen molar-refractivity contribution in [2.75, 3.05) is 26.8 Å². The molecule has 4 aromatic rings. The van der Waals surface area contributed by atoms with Gasteiger partial charge in [-0.15, -0.1) is 5.10 Å². The van der Waals surface area contributed by atoms with Crippen LogP contribution < -0.4 is 9.47 Å². The summed E-state index contributed by atoms with van der Waals surface area (Å²) in [6.45, 7) is 17.3. The lowest BCUT2D eigenvalue weighted by atomic mass is 10.0. The van der Waals surface area contributed by atoms with Crippen LogP contribution in [-0.4, -0.2) is 92.6 Å². The van der Waals surface area contributed by atoms with Crippen molar-refractivity contribution >= 4 is 37.3 Å². The van der Waals surface area contributed by atoms with Gasteiger partial charge in [-0.1, -0.05) is 26.8 Å². The van der Waals surface area contributed by atoms with E-state index in [2.05, 4.69) is 45.0 Å². The number of fused-ring (bicyclic) bond motifs is 4. The maximum atomic E-state index is 12.7. The molecule has 0 saturated carbocycles. The van der Waals surface area contributed by atoms with Crippen molar-refractivity contribution in [3.8, 4) is 22.9 Å². The molecule has 2 atom stereocenters. The van der Waals surface area contributed by atoms with Crippen molar-refractivity contribution in [2.45, 2.75) is 104 Å². The van der Waals surface area contributed by atoms with Gasteiger partial charge in [-0.3, -0.25) is 9.58 Å². The van der Waals surface area contributed by atoms with Crippen LogP contribution >= 0.6 is 0 Å². The maximum absolute atomic E-state index is 12.7. The number of carboxylic acids is 1. The first kappa shape index (κ1) is 36.8. The molecule has 13 nitrogen and oxygen atoms in total. The van der Waals surface area contributed by atoms with Crippen LogP contribution in [0.2, 0.25) is 18.1 Å². The van der Waals surface area contributed by atoms with Crippen molar-refractivity contribution in [2.24, 2.45) is 7.05 Å². The molecule has 0 radical (unpaired) electrons. The fraction of sp³-hybridized carbons (Fsp3) is 0.568.